The molecule has 2 saturated heterocycles. The highest BCUT2D eigenvalue weighted by atomic mass is 35.5. The lowest BCUT2D eigenvalue weighted by atomic mass is 9.93. The van der Waals surface area contributed by atoms with Crippen molar-refractivity contribution in [3.63, 3.8) is 0 Å². The second kappa shape index (κ2) is 14.3. The number of aldehydes is 1. The monoisotopic (exact) mass is 710 g/mol. The molecule has 2 aromatic carbocycles. The molecule has 51 heavy (non-hydrogen) atoms. The molecule has 14 heteroatoms. The maximum absolute atomic E-state index is 14.2. The molecule has 262 valence electrons. The number of rotatable bonds is 12. The van der Waals surface area contributed by atoms with Gasteiger partial charge in [0.15, 0.2) is 5.65 Å². The van der Waals surface area contributed by atoms with Gasteiger partial charge in [-0.25, -0.2) is 24.1 Å². The molecule has 0 amide bonds. The number of halogens is 2. The Labute approximate surface area is 297 Å². The Hall–Kier alpha value is -5.11. The summed E-state index contributed by atoms with van der Waals surface area (Å²) in [5, 5.41) is 3.52. The molecule has 4 aromatic heterocycles. The van der Waals surface area contributed by atoms with Gasteiger partial charge in [-0.05, 0) is 80.4 Å². The summed E-state index contributed by atoms with van der Waals surface area (Å²) in [6.45, 7) is 3.99. The van der Waals surface area contributed by atoms with Gasteiger partial charge in [0.25, 0.3) is 0 Å². The number of nitrogens with zero attached hydrogens (tertiary/aromatic N) is 5. The van der Waals surface area contributed by atoms with Crippen molar-refractivity contribution < 1.29 is 18.7 Å². The van der Waals surface area contributed by atoms with E-state index in [0.717, 1.165) is 73.4 Å². The van der Waals surface area contributed by atoms with E-state index in [1.54, 1.807) is 30.3 Å². The van der Waals surface area contributed by atoms with Crippen molar-refractivity contribution in [3.05, 3.63) is 111 Å². The first-order valence-electron chi connectivity index (χ1n) is 17.1. The van der Waals surface area contributed by atoms with Gasteiger partial charge in [-0.15, -0.1) is 0 Å². The van der Waals surface area contributed by atoms with Gasteiger partial charge in [0.05, 0.1) is 35.7 Å². The fourth-order valence-electron chi connectivity index (χ4n) is 6.81. The Morgan fingerprint density at radius 2 is 1.90 bits per heavy atom. The fourth-order valence-corrected chi connectivity index (χ4v) is 6.97. The Balaban J connectivity index is 0.950. The average molecular weight is 711 g/mol. The maximum Gasteiger partial charge on any atom is 0.325 e. The molecule has 3 N–H and O–H groups in total. The van der Waals surface area contributed by atoms with Gasteiger partial charge in [-0.3, -0.25) is 9.88 Å². The lowest BCUT2D eigenvalue weighted by molar-refractivity contribution is -0.108. The first-order chi connectivity index (χ1) is 24.9. The van der Waals surface area contributed by atoms with Crippen molar-refractivity contribution in [2.75, 3.05) is 25.0 Å². The maximum atomic E-state index is 14.2. The zero-order valence-electron chi connectivity index (χ0n) is 27.6. The highest BCUT2D eigenvalue weighted by Gasteiger charge is 2.26. The van der Waals surface area contributed by atoms with Crippen LogP contribution in [0.25, 0.3) is 22.2 Å². The fraction of sp³-hybridized carbons (Fsp3) is 0.324. The predicted molar refractivity (Wildman–Crippen MR) is 190 cm³/mol. The third kappa shape index (κ3) is 7.23. The van der Waals surface area contributed by atoms with Crippen LogP contribution in [0.5, 0.6) is 5.88 Å². The van der Waals surface area contributed by atoms with Gasteiger partial charge in [0.1, 0.15) is 36.4 Å². The van der Waals surface area contributed by atoms with Crippen molar-refractivity contribution in [1.82, 2.24) is 34.4 Å². The Bertz CT molecular complexity index is 2260. The standard InChI is InChI=1S/C37H36ClFN8O4/c38-25-6-4-24(27(39)17-25)21-51-35-3-1-2-28(42-35)22-10-13-46(14-11-22)19-34-41-30-16-23(5-8-32(30)47(34)18-26-12-15-50-26)31(20-48)40-33-9-7-29-36(44-33)45-37(49)43-29/h1-9,16-17,20,22,26,31H,10-15,18-19,21H2,(H3,40,43,44,45,49)/t26-,31-/m0/s1. The minimum atomic E-state index is -0.663. The first kappa shape index (κ1) is 33.1. The third-order valence-electron chi connectivity index (χ3n) is 9.71. The lowest BCUT2D eigenvalue weighted by Crippen LogP contribution is -2.35. The van der Waals surface area contributed by atoms with Crippen LogP contribution in [-0.2, 0) is 29.2 Å². The number of H-pyrrole nitrogens is 2. The van der Waals surface area contributed by atoms with Gasteiger partial charge in [0, 0.05) is 34.9 Å². The first-order valence-corrected chi connectivity index (χ1v) is 17.4. The minimum Gasteiger partial charge on any atom is -0.473 e. The van der Waals surface area contributed by atoms with E-state index in [0.29, 0.717) is 46.5 Å². The molecule has 0 spiro atoms. The van der Waals surface area contributed by atoms with Crippen molar-refractivity contribution in [1.29, 1.82) is 0 Å². The number of likely N-dealkylation sites (tertiary alicyclic amines) is 1. The average Bonchev–Trinajstić information content (AvgIpc) is 3.66. The number of carbonyl (C=O) groups is 1. The second-order valence-corrected chi connectivity index (χ2v) is 13.5. The molecule has 0 bridgehead atoms. The van der Waals surface area contributed by atoms with E-state index in [1.807, 2.05) is 30.3 Å². The largest absolute Gasteiger partial charge is 0.473 e. The number of carbonyl (C=O) groups excluding carboxylic acids is 1. The summed E-state index contributed by atoms with van der Waals surface area (Å²) in [6.07, 6.45) is 3.86. The molecule has 2 atom stereocenters. The van der Waals surface area contributed by atoms with Crippen molar-refractivity contribution in [2.45, 2.75) is 57.0 Å². The number of fused-ring (bicyclic) bond motifs is 2. The van der Waals surface area contributed by atoms with Crippen molar-refractivity contribution in [3.8, 4) is 5.88 Å². The smallest absolute Gasteiger partial charge is 0.325 e. The van der Waals surface area contributed by atoms with Crippen LogP contribution in [0.4, 0.5) is 10.2 Å². The molecule has 6 heterocycles. The number of anilines is 1. The summed E-state index contributed by atoms with van der Waals surface area (Å²) in [5.74, 6) is 1.77. The van der Waals surface area contributed by atoms with Gasteiger partial charge in [-0.2, -0.15) is 0 Å². The van der Waals surface area contributed by atoms with Crippen LogP contribution < -0.4 is 15.7 Å². The molecular weight excluding hydrogens is 675 g/mol. The van der Waals surface area contributed by atoms with Gasteiger partial charge in [0.2, 0.25) is 5.88 Å². The molecule has 2 aliphatic rings. The van der Waals surface area contributed by atoms with Crippen LogP contribution in [-0.4, -0.2) is 66.5 Å². The number of piperidine rings is 1. The SMILES string of the molecule is O=C[C@H](Nc1ccc2[nH]c(=O)[nH]c2n1)c1ccc2c(c1)nc(CN1CCC(c3cccc(OCc4ccc(Cl)cc4F)n3)CC1)n2C[C@@H]1CCO1. The Morgan fingerprint density at radius 3 is 2.69 bits per heavy atom. The van der Waals surface area contributed by atoms with E-state index in [-0.39, 0.29) is 24.3 Å². The molecule has 0 saturated carbocycles. The van der Waals surface area contributed by atoms with Crippen LogP contribution in [0.1, 0.15) is 53.9 Å². The van der Waals surface area contributed by atoms with E-state index >= 15 is 0 Å². The third-order valence-corrected chi connectivity index (χ3v) is 9.95. The quantitative estimate of drug-likeness (QED) is 0.133. The molecule has 2 aliphatic heterocycles. The van der Waals surface area contributed by atoms with Gasteiger partial charge in [-0.1, -0.05) is 29.8 Å². The van der Waals surface area contributed by atoms with E-state index < -0.39 is 11.9 Å². The molecule has 0 unspecified atom stereocenters. The Kier molecular flexibility index (Phi) is 9.24. The zero-order valence-corrected chi connectivity index (χ0v) is 28.4. The molecule has 0 radical (unpaired) electrons. The highest BCUT2D eigenvalue weighted by Crippen LogP contribution is 2.31. The summed E-state index contributed by atoms with van der Waals surface area (Å²) < 4.78 is 28.1. The van der Waals surface area contributed by atoms with Crippen LogP contribution in [0, 0.1) is 5.82 Å². The van der Waals surface area contributed by atoms with E-state index in [9.17, 15) is 14.0 Å². The normalized spacial score (nSPS) is 17.4. The zero-order chi connectivity index (χ0) is 34.9. The minimum absolute atomic E-state index is 0.0727. The summed E-state index contributed by atoms with van der Waals surface area (Å²) in [5.41, 5.74) is 4.63. The molecule has 6 aromatic rings. The van der Waals surface area contributed by atoms with Gasteiger partial charge < -0.3 is 29.1 Å². The highest BCUT2D eigenvalue weighted by molar-refractivity contribution is 6.30. The lowest BCUT2D eigenvalue weighted by Gasteiger charge is -2.32. The summed E-state index contributed by atoms with van der Waals surface area (Å²) >= 11 is 5.88. The van der Waals surface area contributed by atoms with Gasteiger partial charge >= 0.3 is 5.69 Å². The molecule has 8 rings (SSSR count). The number of imidazole rings is 2. The number of pyridine rings is 2. The molecule has 12 nitrogen and oxygen atoms in total. The van der Waals surface area contributed by atoms with Crippen LogP contribution >= 0.6 is 11.6 Å². The van der Waals surface area contributed by atoms with Crippen LogP contribution in [0.2, 0.25) is 5.02 Å². The van der Waals surface area contributed by atoms with E-state index in [4.69, 9.17) is 31.0 Å². The second-order valence-electron chi connectivity index (χ2n) is 13.1. The summed E-state index contributed by atoms with van der Waals surface area (Å²) in [7, 11) is 0. The van der Waals surface area contributed by atoms with Crippen molar-refractivity contribution >= 4 is 45.9 Å². The number of hydrogen-bond donors (Lipinski definition) is 3. The molecule has 0 aliphatic carbocycles. The number of aromatic amines is 2. The molecular formula is C37H36ClFN8O4. The topological polar surface area (TPSA) is 143 Å². The summed E-state index contributed by atoms with van der Waals surface area (Å²) in [6, 6.07) is 19.0. The Morgan fingerprint density at radius 1 is 1.04 bits per heavy atom. The van der Waals surface area contributed by atoms with Crippen molar-refractivity contribution in [2.24, 2.45) is 0 Å². The van der Waals surface area contributed by atoms with Crippen LogP contribution in [0.3, 0.4) is 0 Å². The molecule has 2 fully saturated rings. The summed E-state index contributed by atoms with van der Waals surface area (Å²) in [4.78, 5) is 46.0. The number of nitrogens with one attached hydrogen (secondary N) is 3. The van der Waals surface area contributed by atoms with Crippen LogP contribution in [0.15, 0.2) is 71.5 Å². The number of aromatic nitrogens is 6. The number of hydrogen-bond acceptors (Lipinski definition) is 9. The van der Waals surface area contributed by atoms with E-state index in [1.165, 1.54) is 6.07 Å². The number of benzene rings is 2. The van der Waals surface area contributed by atoms with E-state index in [2.05, 4.69) is 29.7 Å². The predicted octanol–water partition coefficient (Wildman–Crippen LogP) is 5.89. The number of ether oxygens (including phenoxy) is 2.